The number of hydrogen-bond acceptors (Lipinski definition) is 2. The van der Waals surface area contributed by atoms with Crippen LogP contribution in [0.4, 0.5) is 0 Å². The second kappa shape index (κ2) is 3.09. The summed E-state index contributed by atoms with van der Waals surface area (Å²) in [4.78, 5) is 5.44. The first kappa shape index (κ1) is 6.92. The van der Waals surface area contributed by atoms with E-state index >= 15 is 0 Å². The summed E-state index contributed by atoms with van der Waals surface area (Å²) in [7, 11) is 0. The van der Waals surface area contributed by atoms with Gasteiger partial charge in [0.15, 0.2) is 0 Å². The highest BCUT2D eigenvalue weighted by Gasteiger charge is 2.02. The van der Waals surface area contributed by atoms with Gasteiger partial charge in [-0.2, -0.15) is 0 Å². The Morgan fingerprint density at radius 1 is 1.36 bits per heavy atom. The Labute approximate surface area is 70.5 Å². The molecule has 0 amide bonds. The molecule has 1 aromatic rings. The van der Waals surface area contributed by atoms with Crippen LogP contribution in [0.25, 0.3) is 0 Å². The van der Waals surface area contributed by atoms with E-state index in [9.17, 15) is 0 Å². The van der Waals surface area contributed by atoms with Crippen LogP contribution >= 0.6 is 11.8 Å². The Morgan fingerprint density at radius 3 is 3.27 bits per heavy atom. The Balaban J connectivity index is 2.45. The maximum absolute atomic E-state index is 4.14. The van der Waals surface area contributed by atoms with E-state index in [4.69, 9.17) is 0 Å². The van der Waals surface area contributed by atoms with Crippen LogP contribution in [0.1, 0.15) is 5.56 Å². The van der Waals surface area contributed by atoms with Crippen molar-refractivity contribution in [3.05, 3.63) is 29.8 Å². The lowest BCUT2D eigenvalue weighted by Gasteiger charge is -1.98. The lowest BCUT2D eigenvalue weighted by Crippen LogP contribution is -1.81. The van der Waals surface area contributed by atoms with Gasteiger partial charge in [-0.15, -0.1) is 11.8 Å². The van der Waals surface area contributed by atoms with E-state index < -0.39 is 0 Å². The summed E-state index contributed by atoms with van der Waals surface area (Å²) in [5, 5.41) is 0. The minimum absolute atomic E-state index is 0.888. The summed E-state index contributed by atoms with van der Waals surface area (Å²) in [5.41, 5.74) is 1.13. The number of thioether (sulfide) groups is 1. The minimum Gasteiger partial charge on any atom is -0.282 e. The molecule has 2 rings (SSSR count). The quantitative estimate of drug-likeness (QED) is 0.569. The molecule has 0 spiro atoms. The molecule has 1 radical (unpaired) electrons. The van der Waals surface area contributed by atoms with Crippen molar-refractivity contribution in [1.82, 2.24) is 0 Å². The van der Waals surface area contributed by atoms with Crippen molar-refractivity contribution < 1.29 is 0 Å². The Hall–Kier alpha value is -0.760. The molecule has 0 aliphatic carbocycles. The van der Waals surface area contributed by atoms with Crippen molar-refractivity contribution in [2.24, 2.45) is 4.99 Å². The van der Waals surface area contributed by atoms with Gasteiger partial charge in [-0.1, -0.05) is 18.2 Å². The third kappa shape index (κ3) is 1.46. The number of nitrogens with zero attached hydrogens (tertiary/aromatic N) is 1. The van der Waals surface area contributed by atoms with Crippen LogP contribution in [0.5, 0.6) is 0 Å². The molecule has 1 aliphatic rings. The lowest BCUT2D eigenvalue weighted by molar-refractivity contribution is 1.16. The first-order valence-corrected chi connectivity index (χ1v) is 4.60. The molecule has 11 heavy (non-hydrogen) atoms. The number of benzene rings is 1. The van der Waals surface area contributed by atoms with Gasteiger partial charge < -0.3 is 0 Å². The molecule has 0 unspecified atom stereocenters. The molecule has 1 aromatic carbocycles. The molecule has 1 nitrogen and oxygen atoms in total. The van der Waals surface area contributed by atoms with E-state index in [0.717, 1.165) is 17.9 Å². The summed E-state index contributed by atoms with van der Waals surface area (Å²) in [5.74, 6) is 1.07. The maximum atomic E-state index is 4.14. The topological polar surface area (TPSA) is 12.4 Å². The third-order valence-electron chi connectivity index (χ3n) is 1.55. The van der Waals surface area contributed by atoms with Crippen LogP contribution in [0.15, 0.2) is 34.2 Å². The van der Waals surface area contributed by atoms with E-state index in [-0.39, 0.29) is 0 Å². The highest BCUT2D eigenvalue weighted by molar-refractivity contribution is 7.99. The number of hydrogen-bond donors (Lipinski definition) is 0. The average Bonchev–Trinajstić information content (AvgIpc) is 2.28. The van der Waals surface area contributed by atoms with Gasteiger partial charge in [-0.05, 0) is 6.07 Å². The minimum atomic E-state index is 0.888. The van der Waals surface area contributed by atoms with Crippen molar-refractivity contribution in [1.29, 1.82) is 0 Å². The van der Waals surface area contributed by atoms with Crippen LogP contribution in [-0.2, 0) is 0 Å². The maximum Gasteiger partial charge on any atom is 0.0916 e. The number of rotatable bonds is 0. The SMILES string of the molecule is [C]1=NCCSc2ccccc21. The Morgan fingerprint density at radius 2 is 2.27 bits per heavy atom. The first-order chi connectivity index (χ1) is 5.47. The van der Waals surface area contributed by atoms with Crippen LogP contribution in [0.3, 0.4) is 0 Å². The molecule has 1 aliphatic heterocycles. The molecular weight excluding hydrogens is 154 g/mol. The van der Waals surface area contributed by atoms with Crippen molar-refractivity contribution in [2.45, 2.75) is 4.90 Å². The summed E-state index contributed by atoms with van der Waals surface area (Å²) in [6.45, 7) is 0.888. The Kier molecular flexibility index (Phi) is 1.95. The predicted octanol–water partition coefficient (Wildman–Crippen LogP) is 2.09. The summed E-state index contributed by atoms with van der Waals surface area (Å²) in [6.07, 6.45) is 3.03. The molecule has 55 valence electrons. The fraction of sp³-hybridized carbons (Fsp3) is 0.222. The monoisotopic (exact) mass is 162 g/mol. The Bertz CT molecular complexity index is 281. The highest BCUT2D eigenvalue weighted by atomic mass is 32.2. The van der Waals surface area contributed by atoms with E-state index in [1.54, 1.807) is 0 Å². The van der Waals surface area contributed by atoms with Crippen molar-refractivity contribution in [2.75, 3.05) is 12.3 Å². The molecule has 2 heteroatoms. The molecular formula is C9H8NS. The fourth-order valence-corrected chi connectivity index (χ4v) is 1.87. The molecule has 0 bridgehead atoms. The molecule has 0 saturated heterocycles. The van der Waals surface area contributed by atoms with E-state index in [1.165, 1.54) is 4.90 Å². The smallest absolute Gasteiger partial charge is 0.0916 e. The molecule has 0 N–H and O–H groups in total. The van der Waals surface area contributed by atoms with Crippen molar-refractivity contribution >= 4 is 18.0 Å². The number of fused-ring (bicyclic) bond motifs is 1. The fourth-order valence-electron chi connectivity index (χ4n) is 1.03. The lowest BCUT2D eigenvalue weighted by atomic mass is 10.2. The standard InChI is InChI=1S/C9H8NS/c1-2-4-9-8(3-1)7-10-5-6-11-9/h1-4H,5-6H2. The van der Waals surface area contributed by atoms with Gasteiger partial charge >= 0.3 is 0 Å². The summed E-state index contributed by atoms with van der Waals surface area (Å²) >= 11 is 1.85. The van der Waals surface area contributed by atoms with Gasteiger partial charge in [-0.25, -0.2) is 0 Å². The van der Waals surface area contributed by atoms with Crippen molar-refractivity contribution in [3.63, 3.8) is 0 Å². The highest BCUT2D eigenvalue weighted by Crippen LogP contribution is 2.22. The molecule has 0 aromatic heterocycles. The van der Waals surface area contributed by atoms with Crippen LogP contribution in [0.2, 0.25) is 0 Å². The largest absolute Gasteiger partial charge is 0.282 e. The van der Waals surface area contributed by atoms with Gasteiger partial charge in [0.1, 0.15) is 0 Å². The second-order valence-electron chi connectivity index (χ2n) is 2.34. The van der Waals surface area contributed by atoms with Crippen molar-refractivity contribution in [3.8, 4) is 0 Å². The zero-order valence-corrected chi connectivity index (χ0v) is 6.90. The molecule has 0 fully saturated rings. The average molecular weight is 162 g/mol. The van der Waals surface area contributed by atoms with Crippen LogP contribution in [-0.4, -0.2) is 18.5 Å². The third-order valence-corrected chi connectivity index (χ3v) is 2.60. The second-order valence-corrected chi connectivity index (χ2v) is 3.47. The van der Waals surface area contributed by atoms with Gasteiger partial charge in [0.2, 0.25) is 0 Å². The first-order valence-electron chi connectivity index (χ1n) is 3.61. The van der Waals surface area contributed by atoms with E-state index in [2.05, 4.69) is 29.4 Å². The molecule has 0 atom stereocenters. The molecule has 0 saturated carbocycles. The van der Waals surface area contributed by atoms with E-state index in [0.29, 0.717) is 0 Å². The summed E-state index contributed by atoms with van der Waals surface area (Å²) < 4.78 is 0. The van der Waals surface area contributed by atoms with Crippen LogP contribution < -0.4 is 0 Å². The molecule has 1 heterocycles. The van der Waals surface area contributed by atoms with Gasteiger partial charge in [-0.3, -0.25) is 4.99 Å². The zero-order chi connectivity index (χ0) is 7.52. The van der Waals surface area contributed by atoms with Gasteiger partial charge in [0.05, 0.1) is 6.21 Å². The summed E-state index contributed by atoms with van der Waals surface area (Å²) in [6, 6.07) is 8.25. The predicted molar refractivity (Wildman–Crippen MR) is 48.6 cm³/mol. The number of aliphatic imine (C=N–C) groups is 1. The normalized spacial score (nSPS) is 15.6. The van der Waals surface area contributed by atoms with Crippen LogP contribution in [0, 0.1) is 0 Å². The van der Waals surface area contributed by atoms with E-state index in [1.807, 2.05) is 17.8 Å². The van der Waals surface area contributed by atoms with Gasteiger partial charge in [0, 0.05) is 22.8 Å². The zero-order valence-electron chi connectivity index (χ0n) is 6.08. The van der Waals surface area contributed by atoms with Gasteiger partial charge in [0.25, 0.3) is 0 Å².